The van der Waals surface area contributed by atoms with Gasteiger partial charge in [-0.25, -0.2) is 13.1 Å². The summed E-state index contributed by atoms with van der Waals surface area (Å²) in [5.74, 6) is -0.946. The van der Waals surface area contributed by atoms with E-state index < -0.39 is 21.5 Å². The fraction of sp³-hybridized carbons (Fsp3) is 0.500. The smallest absolute Gasteiger partial charge is 0.303 e. The van der Waals surface area contributed by atoms with Crippen LogP contribution in [-0.2, 0) is 14.8 Å². The van der Waals surface area contributed by atoms with Crippen molar-refractivity contribution in [1.82, 2.24) is 4.72 Å². The molecule has 0 aliphatic carbocycles. The molecule has 0 spiro atoms. The Balaban J connectivity index is 3.10. The molecule has 1 aromatic rings. The van der Waals surface area contributed by atoms with Crippen molar-refractivity contribution >= 4 is 31.9 Å². The molecule has 2 N–H and O–H groups in total. The summed E-state index contributed by atoms with van der Waals surface area (Å²) in [7, 11) is -3.71. The van der Waals surface area contributed by atoms with Crippen LogP contribution >= 0.6 is 15.9 Å². The number of hydrogen-bond donors (Lipinski definition) is 2. The second kappa shape index (κ2) is 6.46. The quantitative estimate of drug-likeness (QED) is 0.797. The lowest BCUT2D eigenvalue weighted by molar-refractivity contribution is -0.137. The third-order valence-electron chi connectivity index (χ3n) is 3.07. The summed E-state index contributed by atoms with van der Waals surface area (Å²) < 4.78 is 28.6. The number of aliphatic carboxylic acids is 1. The van der Waals surface area contributed by atoms with E-state index in [2.05, 4.69) is 20.7 Å². The number of benzene rings is 1. The molecule has 118 valence electrons. The first-order valence-electron chi connectivity index (χ1n) is 6.47. The van der Waals surface area contributed by atoms with Crippen LogP contribution in [0.25, 0.3) is 0 Å². The van der Waals surface area contributed by atoms with Gasteiger partial charge in [0, 0.05) is 16.4 Å². The average molecular weight is 378 g/mol. The van der Waals surface area contributed by atoms with Crippen molar-refractivity contribution in [3.05, 3.63) is 27.7 Å². The van der Waals surface area contributed by atoms with E-state index in [9.17, 15) is 13.2 Å². The Morgan fingerprint density at radius 2 is 1.76 bits per heavy atom. The van der Waals surface area contributed by atoms with Crippen LogP contribution in [0.2, 0.25) is 0 Å². The standard InChI is InChI=1S/C14H20BrNO4S/c1-9-7-11(15)8-10(2)13(9)21(19,20)16-14(3,4)6-5-12(17)18/h7-8,16H,5-6H2,1-4H3,(H,17,18). The van der Waals surface area contributed by atoms with E-state index in [1.54, 1.807) is 39.8 Å². The van der Waals surface area contributed by atoms with Crippen molar-refractivity contribution in [2.75, 3.05) is 0 Å². The number of hydrogen-bond acceptors (Lipinski definition) is 3. The average Bonchev–Trinajstić information content (AvgIpc) is 2.22. The van der Waals surface area contributed by atoms with Crippen LogP contribution < -0.4 is 4.72 Å². The Bertz CT molecular complexity index is 630. The summed E-state index contributed by atoms with van der Waals surface area (Å²) in [6.07, 6.45) is 0.129. The predicted molar refractivity (Wildman–Crippen MR) is 84.9 cm³/mol. The topological polar surface area (TPSA) is 83.5 Å². The number of rotatable bonds is 6. The lowest BCUT2D eigenvalue weighted by Crippen LogP contribution is -2.44. The van der Waals surface area contributed by atoms with Crippen molar-refractivity contribution in [3.63, 3.8) is 0 Å². The zero-order valence-corrected chi connectivity index (χ0v) is 14.9. The minimum atomic E-state index is -3.71. The highest BCUT2D eigenvalue weighted by atomic mass is 79.9. The van der Waals surface area contributed by atoms with Gasteiger partial charge in [0.25, 0.3) is 0 Å². The molecule has 0 radical (unpaired) electrons. The van der Waals surface area contributed by atoms with E-state index in [-0.39, 0.29) is 17.7 Å². The third kappa shape index (κ3) is 5.09. The van der Waals surface area contributed by atoms with Gasteiger partial charge in [0.05, 0.1) is 4.90 Å². The van der Waals surface area contributed by atoms with Gasteiger partial charge in [-0.05, 0) is 57.4 Å². The van der Waals surface area contributed by atoms with Crippen LogP contribution in [0.15, 0.2) is 21.5 Å². The number of carboxylic acid groups (broad SMARTS) is 1. The number of carboxylic acids is 1. The number of carbonyl (C=O) groups is 1. The summed E-state index contributed by atoms with van der Waals surface area (Å²) in [6.45, 7) is 6.82. The minimum Gasteiger partial charge on any atom is -0.481 e. The van der Waals surface area contributed by atoms with Crippen molar-refractivity contribution in [2.45, 2.75) is 51.0 Å². The molecule has 0 atom stereocenters. The van der Waals surface area contributed by atoms with Crippen molar-refractivity contribution in [2.24, 2.45) is 0 Å². The molecule has 0 unspecified atom stereocenters. The summed E-state index contributed by atoms with van der Waals surface area (Å²) >= 11 is 3.34. The normalized spacial score (nSPS) is 12.4. The lowest BCUT2D eigenvalue weighted by Gasteiger charge is -2.26. The number of sulfonamides is 1. The van der Waals surface area contributed by atoms with Gasteiger partial charge in [-0.3, -0.25) is 4.79 Å². The van der Waals surface area contributed by atoms with Crippen molar-refractivity contribution < 1.29 is 18.3 Å². The molecule has 0 saturated carbocycles. The maximum Gasteiger partial charge on any atom is 0.303 e. The molecular weight excluding hydrogens is 358 g/mol. The van der Waals surface area contributed by atoms with Gasteiger partial charge < -0.3 is 5.11 Å². The fourth-order valence-electron chi connectivity index (χ4n) is 2.21. The van der Waals surface area contributed by atoms with Crippen molar-refractivity contribution in [3.8, 4) is 0 Å². The summed E-state index contributed by atoms with van der Waals surface area (Å²) in [4.78, 5) is 10.9. The number of nitrogens with one attached hydrogen (secondary N) is 1. The third-order valence-corrected chi connectivity index (χ3v) is 5.53. The summed E-state index contributed by atoms with van der Waals surface area (Å²) in [5, 5.41) is 8.73. The SMILES string of the molecule is Cc1cc(Br)cc(C)c1S(=O)(=O)NC(C)(C)CCC(=O)O. The second-order valence-electron chi connectivity index (χ2n) is 5.75. The van der Waals surface area contributed by atoms with Gasteiger partial charge in [0.2, 0.25) is 10.0 Å². The van der Waals surface area contributed by atoms with Crippen LogP contribution in [0.3, 0.4) is 0 Å². The van der Waals surface area contributed by atoms with Gasteiger partial charge in [0.15, 0.2) is 0 Å². The first kappa shape index (κ1) is 18.1. The molecule has 7 heteroatoms. The van der Waals surface area contributed by atoms with Crippen LogP contribution in [0, 0.1) is 13.8 Å². The zero-order valence-electron chi connectivity index (χ0n) is 12.5. The number of aryl methyl sites for hydroxylation is 2. The highest BCUT2D eigenvalue weighted by molar-refractivity contribution is 9.10. The van der Waals surface area contributed by atoms with Crippen molar-refractivity contribution in [1.29, 1.82) is 0 Å². The molecule has 0 aliphatic rings. The Kier molecular flexibility index (Phi) is 5.57. The molecule has 1 aromatic carbocycles. The molecule has 0 bridgehead atoms. The van der Waals surface area contributed by atoms with Gasteiger partial charge in [-0.1, -0.05) is 15.9 Å². The Morgan fingerprint density at radius 1 is 1.29 bits per heavy atom. The van der Waals surface area contributed by atoms with E-state index in [1.165, 1.54) is 0 Å². The van der Waals surface area contributed by atoms with Crippen LogP contribution in [-0.4, -0.2) is 25.0 Å². The summed E-state index contributed by atoms with van der Waals surface area (Å²) in [6, 6.07) is 3.48. The van der Waals surface area contributed by atoms with Crippen LogP contribution in [0.4, 0.5) is 0 Å². The first-order chi connectivity index (χ1) is 9.44. The van der Waals surface area contributed by atoms with E-state index in [4.69, 9.17) is 5.11 Å². The largest absolute Gasteiger partial charge is 0.481 e. The van der Waals surface area contributed by atoms with E-state index in [1.807, 2.05) is 0 Å². The lowest BCUT2D eigenvalue weighted by atomic mass is 10.0. The molecular formula is C14H20BrNO4S. The van der Waals surface area contributed by atoms with Gasteiger partial charge >= 0.3 is 5.97 Å². The highest BCUT2D eigenvalue weighted by Crippen LogP contribution is 2.26. The zero-order chi connectivity index (χ0) is 16.4. The molecule has 5 nitrogen and oxygen atoms in total. The summed E-state index contributed by atoms with van der Waals surface area (Å²) in [5.41, 5.74) is 0.454. The Labute approximate surface area is 133 Å². The predicted octanol–water partition coefficient (Wildman–Crippen LogP) is 2.99. The molecule has 0 saturated heterocycles. The van der Waals surface area contributed by atoms with E-state index in [0.717, 1.165) is 4.47 Å². The van der Waals surface area contributed by atoms with Gasteiger partial charge in [-0.2, -0.15) is 0 Å². The van der Waals surface area contributed by atoms with Crippen LogP contribution in [0.1, 0.15) is 37.8 Å². The fourth-order valence-corrected chi connectivity index (χ4v) is 4.79. The Morgan fingerprint density at radius 3 is 2.19 bits per heavy atom. The molecule has 0 aliphatic heterocycles. The molecule has 21 heavy (non-hydrogen) atoms. The maximum atomic E-state index is 12.6. The maximum absolute atomic E-state index is 12.6. The Hall–Kier alpha value is -0.920. The monoisotopic (exact) mass is 377 g/mol. The number of halogens is 1. The molecule has 1 rings (SSSR count). The van der Waals surface area contributed by atoms with Crippen LogP contribution in [0.5, 0.6) is 0 Å². The molecule has 0 aromatic heterocycles. The molecule has 0 heterocycles. The highest BCUT2D eigenvalue weighted by Gasteiger charge is 2.29. The van der Waals surface area contributed by atoms with Gasteiger partial charge in [0.1, 0.15) is 0 Å². The molecule has 0 fully saturated rings. The van der Waals surface area contributed by atoms with E-state index >= 15 is 0 Å². The minimum absolute atomic E-state index is 0.0895. The second-order valence-corrected chi connectivity index (χ2v) is 8.29. The molecule has 0 amide bonds. The van der Waals surface area contributed by atoms with E-state index in [0.29, 0.717) is 11.1 Å². The van der Waals surface area contributed by atoms with Gasteiger partial charge in [-0.15, -0.1) is 0 Å². The first-order valence-corrected chi connectivity index (χ1v) is 8.75.